The summed E-state index contributed by atoms with van der Waals surface area (Å²) >= 11 is 0. The van der Waals surface area contributed by atoms with Crippen molar-refractivity contribution < 1.29 is 14.3 Å². The maximum absolute atomic E-state index is 10.6. The third kappa shape index (κ3) is 6.92. The van der Waals surface area contributed by atoms with E-state index in [1.54, 1.807) is 0 Å². The quantitative estimate of drug-likeness (QED) is 0.411. The van der Waals surface area contributed by atoms with Gasteiger partial charge in [0, 0.05) is 12.2 Å². The molecule has 72 valence electrons. The van der Waals surface area contributed by atoms with E-state index in [2.05, 4.69) is 4.74 Å². The van der Waals surface area contributed by atoms with Crippen molar-refractivity contribution in [3.8, 4) is 0 Å². The lowest BCUT2D eigenvalue weighted by Gasteiger charge is -1.89. The molecular formula is C8H12N2O3. The Morgan fingerprint density at radius 1 is 1.00 bits per heavy atom. The number of nitrogens with two attached hydrogens (primary N) is 2. The highest BCUT2D eigenvalue weighted by Crippen LogP contribution is 1.82. The first-order valence-corrected chi connectivity index (χ1v) is 3.65. The van der Waals surface area contributed by atoms with Crippen molar-refractivity contribution in [2.75, 3.05) is 13.1 Å². The number of ketones is 2. The summed E-state index contributed by atoms with van der Waals surface area (Å²) in [6.07, 6.45) is 4.65. The lowest BCUT2D eigenvalue weighted by atomic mass is 10.4. The van der Waals surface area contributed by atoms with Crippen molar-refractivity contribution in [1.29, 1.82) is 0 Å². The third-order valence-corrected chi connectivity index (χ3v) is 1.07. The van der Waals surface area contributed by atoms with Gasteiger partial charge in [-0.25, -0.2) is 0 Å². The van der Waals surface area contributed by atoms with Gasteiger partial charge in [0.05, 0.1) is 25.6 Å². The van der Waals surface area contributed by atoms with Crippen LogP contribution in [0.3, 0.4) is 0 Å². The molecule has 0 fully saturated rings. The molecule has 0 rings (SSSR count). The highest BCUT2D eigenvalue weighted by Gasteiger charge is 1.89. The second-order valence-corrected chi connectivity index (χ2v) is 2.08. The molecule has 0 saturated heterocycles. The Balaban J connectivity index is 3.66. The minimum atomic E-state index is -0.251. The van der Waals surface area contributed by atoms with Crippen molar-refractivity contribution in [3.63, 3.8) is 0 Å². The average Bonchev–Trinajstić information content (AvgIpc) is 2.16. The maximum Gasteiger partial charge on any atom is 0.172 e. The van der Waals surface area contributed by atoms with Crippen molar-refractivity contribution in [2.24, 2.45) is 11.5 Å². The van der Waals surface area contributed by atoms with E-state index in [1.165, 1.54) is 12.2 Å². The van der Waals surface area contributed by atoms with Crippen LogP contribution in [0.1, 0.15) is 0 Å². The summed E-state index contributed by atoms with van der Waals surface area (Å²) in [6.45, 7) is -0.128. The Morgan fingerprint density at radius 3 is 1.69 bits per heavy atom. The molecule has 0 spiro atoms. The fraction of sp³-hybridized carbons (Fsp3) is 0.250. The lowest BCUT2D eigenvalue weighted by Crippen LogP contribution is -2.10. The number of rotatable bonds is 6. The zero-order valence-corrected chi connectivity index (χ0v) is 7.10. The molecule has 0 aliphatic rings. The summed E-state index contributed by atoms with van der Waals surface area (Å²) in [4.78, 5) is 21.1. The Labute approximate surface area is 76.0 Å². The predicted molar refractivity (Wildman–Crippen MR) is 47.5 cm³/mol. The van der Waals surface area contributed by atoms with Crippen LogP contribution in [-0.4, -0.2) is 24.7 Å². The minimum absolute atomic E-state index is 0.0642. The third-order valence-electron chi connectivity index (χ3n) is 1.07. The van der Waals surface area contributed by atoms with Gasteiger partial charge in [-0.05, 0) is 0 Å². The molecule has 0 bridgehead atoms. The monoisotopic (exact) mass is 184 g/mol. The Bertz CT molecular complexity index is 210. The van der Waals surface area contributed by atoms with Gasteiger partial charge in [0.2, 0.25) is 0 Å². The van der Waals surface area contributed by atoms with E-state index < -0.39 is 0 Å². The maximum atomic E-state index is 10.6. The SMILES string of the molecule is NCC(=O)C=COC=CC(=O)CN. The van der Waals surface area contributed by atoms with E-state index in [4.69, 9.17) is 11.5 Å². The van der Waals surface area contributed by atoms with Gasteiger partial charge in [-0.1, -0.05) is 0 Å². The molecule has 0 aliphatic carbocycles. The largest absolute Gasteiger partial charge is 0.472 e. The van der Waals surface area contributed by atoms with Crippen LogP contribution < -0.4 is 11.5 Å². The van der Waals surface area contributed by atoms with E-state index in [0.717, 1.165) is 12.5 Å². The normalized spacial score (nSPS) is 10.9. The van der Waals surface area contributed by atoms with Gasteiger partial charge in [0.15, 0.2) is 11.6 Å². The second-order valence-electron chi connectivity index (χ2n) is 2.08. The Morgan fingerprint density at radius 2 is 1.38 bits per heavy atom. The van der Waals surface area contributed by atoms with Gasteiger partial charge >= 0.3 is 0 Å². The van der Waals surface area contributed by atoms with Gasteiger partial charge in [-0.15, -0.1) is 0 Å². The first-order valence-electron chi connectivity index (χ1n) is 3.65. The van der Waals surface area contributed by atoms with Gasteiger partial charge in [-0.2, -0.15) is 0 Å². The molecule has 0 aromatic carbocycles. The first kappa shape index (κ1) is 11.5. The fourth-order valence-electron chi connectivity index (χ4n) is 0.412. The molecule has 0 saturated carbocycles. The zero-order chi connectivity index (χ0) is 10.1. The Kier molecular flexibility index (Phi) is 6.39. The highest BCUT2D eigenvalue weighted by atomic mass is 16.5. The average molecular weight is 184 g/mol. The topological polar surface area (TPSA) is 95.4 Å². The molecule has 4 N–H and O–H groups in total. The number of carbonyl (C=O) groups excluding carboxylic acids is 2. The van der Waals surface area contributed by atoms with Crippen LogP contribution in [0.4, 0.5) is 0 Å². The molecule has 0 aromatic heterocycles. The van der Waals surface area contributed by atoms with Crippen LogP contribution in [-0.2, 0) is 14.3 Å². The number of carbonyl (C=O) groups is 2. The summed E-state index contributed by atoms with van der Waals surface area (Å²) in [5, 5.41) is 0. The molecule has 0 aliphatic heterocycles. The molecule has 5 heteroatoms. The van der Waals surface area contributed by atoms with Crippen LogP contribution in [0.25, 0.3) is 0 Å². The molecule has 0 atom stereocenters. The van der Waals surface area contributed by atoms with Gasteiger partial charge < -0.3 is 16.2 Å². The van der Waals surface area contributed by atoms with Crippen molar-refractivity contribution >= 4 is 11.6 Å². The van der Waals surface area contributed by atoms with Crippen LogP contribution in [0, 0.1) is 0 Å². The first-order chi connectivity index (χ1) is 6.20. The van der Waals surface area contributed by atoms with Crippen molar-refractivity contribution in [2.45, 2.75) is 0 Å². The van der Waals surface area contributed by atoms with Crippen LogP contribution in [0.15, 0.2) is 24.7 Å². The minimum Gasteiger partial charge on any atom is -0.472 e. The van der Waals surface area contributed by atoms with Gasteiger partial charge in [0.1, 0.15) is 0 Å². The molecule has 0 unspecified atom stereocenters. The number of hydrogen-bond acceptors (Lipinski definition) is 5. The van der Waals surface area contributed by atoms with E-state index in [9.17, 15) is 9.59 Å². The van der Waals surface area contributed by atoms with E-state index >= 15 is 0 Å². The van der Waals surface area contributed by atoms with Crippen molar-refractivity contribution in [3.05, 3.63) is 24.7 Å². The summed E-state index contributed by atoms with van der Waals surface area (Å²) in [5.41, 5.74) is 10.0. The molecule has 5 nitrogen and oxygen atoms in total. The number of ether oxygens (including phenoxy) is 1. The van der Waals surface area contributed by atoms with E-state index in [-0.39, 0.29) is 24.7 Å². The summed E-state index contributed by atoms with van der Waals surface area (Å²) in [7, 11) is 0. The molecule has 0 amide bonds. The lowest BCUT2D eigenvalue weighted by molar-refractivity contribution is -0.114. The number of hydrogen-bond donors (Lipinski definition) is 2. The van der Waals surface area contributed by atoms with Gasteiger partial charge in [-0.3, -0.25) is 9.59 Å². The molecular weight excluding hydrogens is 172 g/mol. The zero-order valence-electron chi connectivity index (χ0n) is 7.10. The summed E-state index contributed by atoms with van der Waals surface area (Å²) in [6, 6.07) is 0. The van der Waals surface area contributed by atoms with Crippen LogP contribution >= 0.6 is 0 Å². The fourth-order valence-corrected chi connectivity index (χ4v) is 0.412. The Hall–Kier alpha value is -1.46. The summed E-state index contributed by atoms with van der Waals surface area (Å²) in [5.74, 6) is -0.503. The predicted octanol–water partition coefficient (Wildman–Crippen LogP) is -0.914. The standard InChI is InChI=1S/C8H12N2O3/c9-5-7(11)1-3-13-4-2-8(12)6-10/h1-4H,5-6,9-10H2. The van der Waals surface area contributed by atoms with E-state index in [1.807, 2.05) is 0 Å². The second kappa shape index (κ2) is 7.20. The smallest absolute Gasteiger partial charge is 0.172 e. The molecule has 13 heavy (non-hydrogen) atoms. The van der Waals surface area contributed by atoms with Crippen molar-refractivity contribution in [1.82, 2.24) is 0 Å². The molecule has 0 aromatic rings. The summed E-state index contributed by atoms with van der Waals surface area (Å²) < 4.78 is 4.66. The molecule has 0 heterocycles. The highest BCUT2D eigenvalue weighted by molar-refractivity contribution is 5.91. The van der Waals surface area contributed by atoms with E-state index in [0.29, 0.717) is 0 Å². The van der Waals surface area contributed by atoms with Crippen LogP contribution in [0.2, 0.25) is 0 Å². The van der Waals surface area contributed by atoms with Crippen LogP contribution in [0.5, 0.6) is 0 Å². The molecule has 0 radical (unpaired) electrons. The van der Waals surface area contributed by atoms with Gasteiger partial charge in [0.25, 0.3) is 0 Å².